The van der Waals surface area contributed by atoms with E-state index >= 15 is 0 Å². The molecule has 0 radical (unpaired) electrons. The van der Waals surface area contributed by atoms with Crippen LogP contribution in [0.3, 0.4) is 0 Å². The molecule has 1 heterocycles. The molecule has 0 bridgehead atoms. The van der Waals surface area contributed by atoms with Gasteiger partial charge in [-0.3, -0.25) is 4.79 Å². The third-order valence-corrected chi connectivity index (χ3v) is 4.38. The number of unbranched alkanes of at least 4 members (excludes halogenated alkanes) is 1. The molecule has 4 heteroatoms. The van der Waals surface area contributed by atoms with Gasteiger partial charge in [0.1, 0.15) is 0 Å². The van der Waals surface area contributed by atoms with Crippen LogP contribution in [0.25, 0.3) is 0 Å². The molecule has 1 saturated heterocycles. The number of benzene rings is 1. The second-order valence-electron chi connectivity index (χ2n) is 4.69. The van der Waals surface area contributed by atoms with E-state index in [4.69, 9.17) is 0 Å². The molecule has 19 heavy (non-hydrogen) atoms. The lowest BCUT2D eigenvalue weighted by molar-refractivity contribution is -0.118. The van der Waals surface area contributed by atoms with Crippen LogP contribution in [0.1, 0.15) is 38.7 Å². The fourth-order valence-electron chi connectivity index (χ4n) is 1.96. The minimum absolute atomic E-state index is 0.0163. The summed E-state index contributed by atoms with van der Waals surface area (Å²) in [5.41, 5.74) is 2.25. The van der Waals surface area contributed by atoms with Gasteiger partial charge in [-0.2, -0.15) is 0 Å². The second-order valence-corrected chi connectivity index (χ2v) is 5.88. The van der Waals surface area contributed by atoms with Gasteiger partial charge in [0.2, 0.25) is 5.91 Å². The monoisotopic (exact) mass is 276 g/mol. The number of rotatable bonds is 5. The maximum absolute atomic E-state index is 11.6. The molecule has 1 aromatic rings. The van der Waals surface area contributed by atoms with Crippen molar-refractivity contribution in [1.82, 2.24) is 5.32 Å². The predicted octanol–water partition coefficient (Wildman–Crippen LogP) is 3.66. The lowest BCUT2D eigenvalue weighted by atomic mass is 10.1. The van der Waals surface area contributed by atoms with Crippen molar-refractivity contribution in [2.75, 3.05) is 0 Å². The summed E-state index contributed by atoms with van der Waals surface area (Å²) in [6.07, 6.45) is 4.39. The van der Waals surface area contributed by atoms with E-state index in [0.29, 0.717) is 0 Å². The summed E-state index contributed by atoms with van der Waals surface area (Å²) < 4.78 is 0. The van der Waals surface area contributed by atoms with E-state index in [2.05, 4.69) is 29.4 Å². The van der Waals surface area contributed by atoms with Crippen LogP contribution in [0, 0.1) is 0 Å². The molecule has 1 aromatic carbocycles. The van der Waals surface area contributed by atoms with Gasteiger partial charge >= 0.3 is 0 Å². The highest BCUT2D eigenvalue weighted by Gasteiger charge is 2.28. The summed E-state index contributed by atoms with van der Waals surface area (Å²) in [5.74, 6) is 0.0748. The number of carbonyl (C=O) groups excluding carboxylic acids is 1. The first-order valence-electron chi connectivity index (χ1n) is 6.88. The Balaban J connectivity index is 2.01. The highest BCUT2D eigenvalue weighted by atomic mass is 32.2. The summed E-state index contributed by atoms with van der Waals surface area (Å²) in [4.78, 5) is 16.0. The molecule has 0 aromatic heterocycles. The van der Waals surface area contributed by atoms with Crippen LogP contribution < -0.4 is 5.32 Å². The third-order valence-electron chi connectivity index (χ3n) is 3.13. The van der Waals surface area contributed by atoms with Crippen molar-refractivity contribution in [3.63, 3.8) is 0 Å². The normalized spacial score (nSPS) is 20.8. The molecular formula is C15H20N2OS. The molecule has 1 unspecified atom stereocenters. The molecular weight excluding hydrogens is 256 g/mol. The van der Waals surface area contributed by atoms with Gasteiger partial charge < -0.3 is 5.32 Å². The summed E-state index contributed by atoms with van der Waals surface area (Å²) in [6.45, 7) is 4.22. The van der Waals surface area contributed by atoms with Crippen LogP contribution >= 0.6 is 11.8 Å². The number of thioether (sulfide) groups is 1. The van der Waals surface area contributed by atoms with E-state index in [1.807, 2.05) is 19.1 Å². The molecule has 0 aliphatic carbocycles. The molecule has 1 atom stereocenters. The number of amides is 1. The van der Waals surface area contributed by atoms with Gasteiger partial charge in [0.05, 0.1) is 10.9 Å². The van der Waals surface area contributed by atoms with Crippen molar-refractivity contribution < 1.29 is 4.79 Å². The molecule has 1 aliphatic heterocycles. The van der Waals surface area contributed by atoms with Gasteiger partial charge in [0.25, 0.3) is 0 Å². The van der Waals surface area contributed by atoms with Gasteiger partial charge in [0, 0.05) is 0 Å². The van der Waals surface area contributed by atoms with Crippen LogP contribution in [0.15, 0.2) is 29.3 Å². The van der Waals surface area contributed by atoms with Crippen molar-refractivity contribution in [2.45, 2.75) is 44.8 Å². The Labute approximate surface area is 118 Å². The van der Waals surface area contributed by atoms with E-state index in [1.165, 1.54) is 30.2 Å². The van der Waals surface area contributed by atoms with Gasteiger partial charge in [-0.25, -0.2) is 4.99 Å². The summed E-state index contributed by atoms with van der Waals surface area (Å²) in [6, 6.07) is 8.27. The average Bonchev–Trinajstić information content (AvgIpc) is 2.78. The number of aliphatic imine (C=N–C) groups is 1. The van der Waals surface area contributed by atoms with Crippen LogP contribution in [0.5, 0.6) is 0 Å². The van der Waals surface area contributed by atoms with E-state index in [9.17, 15) is 4.79 Å². The standard InChI is InChI=1S/C15H20N2OS/c1-3-5-6-11-7-9-12(10-8-11)16-15-17-14(18)13(4-2)19-15/h7-10,13H,3-6H2,1-2H3,(H,16,17,18). The number of aryl methyl sites for hydroxylation is 1. The zero-order valence-corrected chi connectivity index (χ0v) is 12.3. The first-order valence-corrected chi connectivity index (χ1v) is 7.76. The van der Waals surface area contributed by atoms with Gasteiger partial charge in [-0.15, -0.1) is 0 Å². The summed E-state index contributed by atoms with van der Waals surface area (Å²) in [5, 5.41) is 3.56. The molecule has 102 valence electrons. The van der Waals surface area contributed by atoms with Crippen molar-refractivity contribution in [1.29, 1.82) is 0 Å². The molecule has 0 saturated carbocycles. The molecule has 2 rings (SSSR count). The third kappa shape index (κ3) is 3.83. The van der Waals surface area contributed by atoms with Crippen LogP contribution in [0.2, 0.25) is 0 Å². The largest absolute Gasteiger partial charge is 0.304 e. The summed E-state index contributed by atoms with van der Waals surface area (Å²) >= 11 is 1.52. The number of nitrogens with one attached hydrogen (secondary N) is 1. The SMILES string of the molecule is CCCCc1ccc(N=C2NC(=O)C(CC)S2)cc1. The second kappa shape index (κ2) is 6.75. The maximum Gasteiger partial charge on any atom is 0.239 e. The molecule has 1 N–H and O–H groups in total. The van der Waals surface area contributed by atoms with Crippen molar-refractivity contribution >= 4 is 28.5 Å². The lowest BCUT2D eigenvalue weighted by Gasteiger charge is -2.01. The quantitative estimate of drug-likeness (QED) is 0.891. The summed E-state index contributed by atoms with van der Waals surface area (Å²) in [7, 11) is 0. The topological polar surface area (TPSA) is 41.5 Å². The Bertz CT molecular complexity index is 468. The van der Waals surface area contributed by atoms with E-state index < -0.39 is 0 Å². The minimum Gasteiger partial charge on any atom is -0.304 e. The molecule has 0 spiro atoms. The number of amidine groups is 1. The van der Waals surface area contributed by atoms with Crippen LogP contribution in [-0.2, 0) is 11.2 Å². The predicted molar refractivity (Wildman–Crippen MR) is 82.0 cm³/mol. The average molecular weight is 276 g/mol. The Morgan fingerprint density at radius 2 is 2.00 bits per heavy atom. The fraction of sp³-hybridized carbons (Fsp3) is 0.467. The van der Waals surface area contributed by atoms with Crippen molar-refractivity contribution in [3.05, 3.63) is 29.8 Å². The Morgan fingerprint density at radius 3 is 2.58 bits per heavy atom. The Morgan fingerprint density at radius 1 is 1.26 bits per heavy atom. The Hall–Kier alpha value is -1.29. The first-order chi connectivity index (χ1) is 9.22. The smallest absolute Gasteiger partial charge is 0.239 e. The lowest BCUT2D eigenvalue weighted by Crippen LogP contribution is -2.24. The number of hydrogen-bond acceptors (Lipinski definition) is 3. The highest BCUT2D eigenvalue weighted by Crippen LogP contribution is 2.25. The van der Waals surface area contributed by atoms with Crippen LogP contribution in [-0.4, -0.2) is 16.3 Å². The van der Waals surface area contributed by atoms with Gasteiger partial charge in [-0.1, -0.05) is 44.2 Å². The molecule has 1 aliphatic rings. The van der Waals surface area contributed by atoms with E-state index in [1.54, 1.807) is 0 Å². The molecule has 1 fully saturated rings. The van der Waals surface area contributed by atoms with Crippen LogP contribution in [0.4, 0.5) is 5.69 Å². The molecule has 1 amide bonds. The number of carbonyl (C=O) groups is 1. The van der Waals surface area contributed by atoms with Crippen molar-refractivity contribution in [3.8, 4) is 0 Å². The van der Waals surface area contributed by atoms with Crippen molar-refractivity contribution in [2.24, 2.45) is 4.99 Å². The fourth-order valence-corrected chi connectivity index (χ4v) is 2.88. The van der Waals surface area contributed by atoms with Gasteiger partial charge in [0.15, 0.2) is 5.17 Å². The Kier molecular flexibility index (Phi) is 5.02. The molecule has 3 nitrogen and oxygen atoms in total. The number of nitrogens with zero attached hydrogens (tertiary/aromatic N) is 1. The zero-order chi connectivity index (χ0) is 13.7. The first kappa shape index (κ1) is 14.1. The van der Waals surface area contributed by atoms with E-state index in [0.717, 1.165) is 23.7 Å². The number of hydrogen-bond donors (Lipinski definition) is 1. The minimum atomic E-state index is 0.0163. The van der Waals surface area contributed by atoms with E-state index in [-0.39, 0.29) is 11.2 Å². The maximum atomic E-state index is 11.6. The highest BCUT2D eigenvalue weighted by molar-refractivity contribution is 8.15. The van der Waals surface area contributed by atoms with Gasteiger partial charge in [-0.05, 0) is 37.0 Å². The zero-order valence-electron chi connectivity index (χ0n) is 11.5.